The number of ketones is 1. The number of ether oxygens (including phenoxy) is 2. The van der Waals surface area contributed by atoms with Gasteiger partial charge in [0.1, 0.15) is 11.5 Å². The SMILES string of the molecule is Cc1cc(OC(=O)c2ccccc2Br)cc2c1C(=O)/C(=C/c1ccc(Cl)cc1)O2. The van der Waals surface area contributed by atoms with Crippen LogP contribution in [0.15, 0.2) is 70.9 Å². The number of esters is 1. The molecule has 29 heavy (non-hydrogen) atoms. The van der Waals surface area contributed by atoms with Crippen molar-refractivity contribution in [1.82, 2.24) is 0 Å². The number of Topliss-reactive ketones (excluding diaryl/α,β-unsaturated/α-hetero) is 1. The van der Waals surface area contributed by atoms with E-state index in [1.165, 1.54) is 0 Å². The standard InChI is InChI=1S/C23H14BrClO4/c1-13-10-16(28-23(27)17-4-2-3-5-18(17)24)12-19-21(13)22(26)20(29-19)11-14-6-8-15(25)9-7-14/h2-12H,1H3/b20-11-. The van der Waals surface area contributed by atoms with Crippen LogP contribution in [-0.4, -0.2) is 11.8 Å². The van der Waals surface area contributed by atoms with Gasteiger partial charge in [-0.3, -0.25) is 4.79 Å². The third-order valence-corrected chi connectivity index (χ3v) is 5.36. The second kappa shape index (κ2) is 7.85. The maximum Gasteiger partial charge on any atom is 0.344 e. The van der Waals surface area contributed by atoms with Crippen molar-refractivity contribution in [3.63, 3.8) is 0 Å². The second-order valence-corrected chi connectivity index (χ2v) is 7.76. The molecule has 0 saturated carbocycles. The molecule has 0 saturated heterocycles. The van der Waals surface area contributed by atoms with Crippen LogP contribution in [0.3, 0.4) is 0 Å². The number of hydrogen-bond acceptors (Lipinski definition) is 4. The van der Waals surface area contributed by atoms with Crippen LogP contribution in [0.25, 0.3) is 6.08 Å². The van der Waals surface area contributed by atoms with Crippen LogP contribution >= 0.6 is 27.5 Å². The molecule has 144 valence electrons. The molecule has 0 N–H and O–H groups in total. The monoisotopic (exact) mass is 468 g/mol. The molecule has 1 aliphatic heterocycles. The Balaban J connectivity index is 1.62. The largest absolute Gasteiger partial charge is 0.452 e. The zero-order valence-electron chi connectivity index (χ0n) is 15.2. The van der Waals surface area contributed by atoms with Crippen LogP contribution in [0.5, 0.6) is 11.5 Å². The predicted octanol–water partition coefficient (Wildman–Crippen LogP) is 6.25. The van der Waals surface area contributed by atoms with E-state index in [9.17, 15) is 9.59 Å². The lowest BCUT2D eigenvalue weighted by Gasteiger charge is -2.08. The summed E-state index contributed by atoms with van der Waals surface area (Å²) >= 11 is 9.24. The van der Waals surface area contributed by atoms with E-state index >= 15 is 0 Å². The molecule has 3 aromatic rings. The first kappa shape index (κ1) is 19.4. The van der Waals surface area contributed by atoms with Crippen molar-refractivity contribution in [3.05, 3.63) is 98.2 Å². The average Bonchev–Trinajstić information content (AvgIpc) is 2.99. The van der Waals surface area contributed by atoms with Crippen LogP contribution < -0.4 is 9.47 Å². The number of hydrogen-bond donors (Lipinski definition) is 0. The normalized spacial score (nSPS) is 13.9. The quantitative estimate of drug-likeness (QED) is 0.259. The van der Waals surface area contributed by atoms with Crippen molar-refractivity contribution in [2.24, 2.45) is 0 Å². The van der Waals surface area contributed by atoms with Crippen LogP contribution in [-0.2, 0) is 0 Å². The summed E-state index contributed by atoms with van der Waals surface area (Å²) in [5, 5.41) is 0.612. The average molecular weight is 470 g/mol. The fourth-order valence-corrected chi connectivity index (χ4v) is 3.61. The highest BCUT2D eigenvalue weighted by atomic mass is 79.9. The summed E-state index contributed by atoms with van der Waals surface area (Å²) in [5.41, 5.74) is 2.34. The van der Waals surface area contributed by atoms with Crippen molar-refractivity contribution in [2.45, 2.75) is 6.92 Å². The van der Waals surface area contributed by atoms with Gasteiger partial charge in [0.25, 0.3) is 0 Å². The van der Waals surface area contributed by atoms with Gasteiger partial charge in [-0.2, -0.15) is 0 Å². The number of rotatable bonds is 3. The Hall–Kier alpha value is -2.89. The highest BCUT2D eigenvalue weighted by Crippen LogP contribution is 2.38. The molecule has 0 atom stereocenters. The minimum atomic E-state index is -0.502. The van der Waals surface area contributed by atoms with Gasteiger partial charge in [-0.05, 0) is 70.4 Å². The van der Waals surface area contributed by atoms with Gasteiger partial charge in [0.2, 0.25) is 5.78 Å². The lowest BCUT2D eigenvalue weighted by Crippen LogP contribution is -2.09. The van der Waals surface area contributed by atoms with E-state index in [-0.39, 0.29) is 11.5 Å². The molecule has 4 rings (SSSR count). The topological polar surface area (TPSA) is 52.6 Å². The van der Waals surface area contributed by atoms with E-state index in [0.717, 1.165) is 5.56 Å². The molecule has 4 nitrogen and oxygen atoms in total. The molecule has 0 bridgehead atoms. The number of benzene rings is 3. The van der Waals surface area contributed by atoms with Gasteiger partial charge in [0.15, 0.2) is 5.76 Å². The molecule has 0 radical (unpaired) electrons. The van der Waals surface area contributed by atoms with E-state index in [1.54, 1.807) is 67.6 Å². The van der Waals surface area contributed by atoms with E-state index in [4.69, 9.17) is 21.1 Å². The first-order valence-electron chi connectivity index (χ1n) is 8.73. The summed E-state index contributed by atoms with van der Waals surface area (Å²) in [6.45, 7) is 1.78. The fourth-order valence-electron chi connectivity index (χ4n) is 3.04. The number of fused-ring (bicyclic) bond motifs is 1. The highest BCUT2D eigenvalue weighted by Gasteiger charge is 2.30. The Kier molecular flexibility index (Phi) is 5.26. The summed E-state index contributed by atoms with van der Waals surface area (Å²) < 4.78 is 11.9. The molecule has 0 aromatic heterocycles. The van der Waals surface area contributed by atoms with Crippen molar-refractivity contribution >= 4 is 45.4 Å². The van der Waals surface area contributed by atoms with Crippen LogP contribution in [0.4, 0.5) is 0 Å². The van der Waals surface area contributed by atoms with Crippen molar-refractivity contribution in [2.75, 3.05) is 0 Å². The molecular formula is C23H14BrClO4. The van der Waals surface area contributed by atoms with Crippen LogP contribution in [0, 0.1) is 6.92 Å². The zero-order chi connectivity index (χ0) is 20.5. The minimum absolute atomic E-state index is 0.208. The molecule has 0 fully saturated rings. The van der Waals surface area contributed by atoms with Crippen LogP contribution in [0.1, 0.15) is 31.8 Å². The van der Waals surface area contributed by atoms with Gasteiger partial charge >= 0.3 is 5.97 Å². The molecule has 3 aromatic carbocycles. The lowest BCUT2D eigenvalue weighted by molar-refractivity contribution is 0.0733. The Morgan fingerprint density at radius 1 is 1.10 bits per heavy atom. The Labute approximate surface area is 180 Å². The third-order valence-electron chi connectivity index (χ3n) is 4.42. The molecular weight excluding hydrogens is 456 g/mol. The van der Waals surface area contributed by atoms with Crippen molar-refractivity contribution < 1.29 is 19.1 Å². The van der Waals surface area contributed by atoms with Crippen molar-refractivity contribution in [1.29, 1.82) is 0 Å². The number of carbonyl (C=O) groups is 2. The summed E-state index contributed by atoms with van der Waals surface area (Å²) in [7, 11) is 0. The Morgan fingerprint density at radius 3 is 2.55 bits per heavy atom. The summed E-state index contributed by atoms with van der Waals surface area (Å²) in [6.07, 6.45) is 1.66. The number of allylic oxidation sites excluding steroid dienone is 1. The van der Waals surface area contributed by atoms with Gasteiger partial charge < -0.3 is 9.47 Å². The maximum absolute atomic E-state index is 12.8. The minimum Gasteiger partial charge on any atom is -0.452 e. The van der Waals surface area contributed by atoms with Gasteiger partial charge in [-0.15, -0.1) is 0 Å². The smallest absolute Gasteiger partial charge is 0.344 e. The maximum atomic E-state index is 12.8. The predicted molar refractivity (Wildman–Crippen MR) is 115 cm³/mol. The molecule has 6 heteroatoms. The van der Waals surface area contributed by atoms with Gasteiger partial charge in [-0.1, -0.05) is 35.9 Å². The Morgan fingerprint density at radius 2 is 1.83 bits per heavy atom. The molecule has 1 aliphatic rings. The van der Waals surface area contributed by atoms with E-state index < -0.39 is 5.97 Å². The van der Waals surface area contributed by atoms with Gasteiger partial charge in [0, 0.05) is 15.6 Å². The summed E-state index contributed by atoms with van der Waals surface area (Å²) in [4.78, 5) is 25.2. The fraction of sp³-hybridized carbons (Fsp3) is 0.0435. The first-order valence-corrected chi connectivity index (χ1v) is 9.90. The molecule has 0 unspecified atom stereocenters. The first-order chi connectivity index (χ1) is 13.9. The van der Waals surface area contributed by atoms with E-state index in [0.29, 0.717) is 37.7 Å². The van der Waals surface area contributed by atoms with E-state index in [2.05, 4.69) is 15.9 Å². The van der Waals surface area contributed by atoms with E-state index in [1.807, 2.05) is 6.07 Å². The second-order valence-electron chi connectivity index (χ2n) is 6.47. The molecule has 0 amide bonds. The summed E-state index contributed by atoms with van der Waals surface area (Å²) in [5.74, 6) is 0.168. The van der Waals surface area contributed by atoms with Crippen molar-refractivity contribution in [3.8, 4) is 11.5 Å². The van der Waals surface area contributed by atoms with Gasteiger partial charge in [-0.25, -0.2) is 4.79 Å². The third kappa shape index (κ3) is 3.97. The van der Waals surface area contributed by atoms with Gasteiger partial charge in [0.05, 0.1) is 11.1 Å². The zero-order valence-corrected chi connectivity index (χ0v) is 17.6. The Bertz CT molecular complexity index is 1170. The molecule has 0 spiro atoms. The number of halogens is 2. The van der Waals surface area contributed by atoms with Crippen LogP contribution in [0.2, 0.25) is 5.02 Å². The summed E-state index contributed by atoms with van der Waals surface area (Å²) in [6, 6.07) is 17.3. The molecule has 0 aliphatic carbocycles. The highest BCUT2D eigenvalue weighted by molar-refractivity contribution is 9.10. The molecule has 1 heterocycles. The number of aryl methyl sites for hydroxylation is 1. The number of carbonyl (C=O) groups excluding carboxylic acids is 2. The lowest BCUT2D eigenvalue weighted by atomic mass is 10.0.